The van der Waals surface area contributed by atoms with Crippen LogP contribution in [-0.4, -0.2) is 57.2 Å². The molecule has 4 rings (SSSR count). The number of rotatable bonds is 3. The zero-order valence-corrected chi connectivity index (χ0v) is 13.7. The second-order valence-electron chi connectivity index (χ2n) is 5.88. The van der Waals surface area contributed by atoms with Gasteiger partial charge in [0.25, 0.3) is 5.91 Å². The molecule has 0 radical (unpaired) electrons. The molecule has 25 heavy (non-hydrogen) atoms. The third-order valence-electron chi connectivity index (χ3n) is 4.32. The Balaban J connectivity index is 1.41. The van der Waals surface area contributed by atoms with Crippen LogP contribution in [0, 0.1) is 0 Å². The van der Waals surface area contributed by atoms with Crippen LogP contribution in [0.5, 0.6) is 0 Å². The summed E-state index contributed by atoms with van der Waals surface area (Å²) in [7, 11) is 0. The van der Waals surface area contributed by atoms with Gasteiger partial charge in [-0.15, -0.1) is 0 Å². The normalized spacial score (nSPS) is 14.6. The number of hydrogen-bond acceptors (Lipinski definition) is 5. The number of hydrogen-bond donors (Lipinski definition) is 1. The van der Waals surface area contributed by atoms with E-state index < -0.39 is 0 Å². The summed E-state index contributed by atoms with van der Waals surface area (Å²) in [6, 6.07) is 12.2. The van der Waals surface area contributed by atoms with Crippen LogP contribution in [0.1, 0.15) is 10.5 Å². The number of aromatic amines is 1. The molecule has 3 heterocycles. The molecule has 1 fully saturated rings. The van der Waals surface area contributed by atoms with Crippen molar-refractivity contribution in [1.29, 1.82) is 0 Å². The minimum absolute atomic E-state index is 0.0697. The number of anilines is 1. The summed E-state index contributed by atoms with van der Waals surface area (Å²) >= 11 is 0. The molecule has 0 aliphatic carbocycles. The molecule has 1 aromatic carbocycles. The Kier molecular flexibility index (Phi) is 4.12. The standard InChI is InChI=1S/C18H18N6O/c25-18(16-13-19-6-7-20-16)24-10-8-23(9-11-24)17-12-15(21-22-17)14-4-2-1-3-5-14/h1-7,12-13H,8-11H2,(H,21,22). The smallest absolute Gasteiger partial charge is 0.274 e. The average molecular weight is 334 g/mol. The highest BCUT2D eigenvalue weighted by Gasteiger charge is 2.24. The number of amides is 1. The molecule has 2 aromatic heterocycles. The topological polar surface area (TPSA) is 78.0 Å². The average Bonchev–Trinajstić information content (AvgIpc) is 3.19. The molecular formula is C18H18N6O. The number of aromatic nitrogens is 4. The molecule has 0 bridgehead atoms. The Morgan fingerprint density at radius 2 is 1.84 bits per heavy atom. The molecular weight excluding hydrogens is 316 g/mol. The van der Waals surface area contributed by atoms with Crippen molar-refractivity contribution in [2.75, 3.05) is 31.1 Å². The van der Waals surface area contributed by atoms with Crippen molar-refractivity contribution < 1.29 is 4.79 Å². The Bertz CT molecular complexity index is 840. The molecule has 1 N–H and O–H groups in total. The molecule has 1 aliphatic rings. The summed E-state index contributed by atoms with van der Waals surface area (Å²) in [5.74, 6) is 0.838. The predicted octanol–water partition coefficient (Wildman–Crippen LogP) is 1.83. The highest BCUT2D eigenvalue weighted by molar-refractivity contribution is 5.92. The van der Waals surface area contributed by atoms with Gasteiger partial charge in [-0.3, -0.25) is 14.9 Å². The monoisotopic (exact) mass is 334 g/mol. The molecule has 1 aliphatic heterocycles. The molecule has 0 spiro atoms. The molecule has 3 aromatic rings. The minimum atomic E-state index is -0.0697. The maximum absolute atomic E-state index is 12.4. The lowest BCUT2D eigenvalue weighted by atomic mass is 10.1. The minimum Gasteiger partial charge on any atom is -0.352 e. The van der Waals surface area contributed by atoms with Crippen molar-refractivity contribution in [2.45, 2.75) is 0 Å². The van der Waals surface area contributed by atoms with Crippen LogP contribution < -0.4 is 4.90 Å². The number of H-pyrrole nitrogens is 1. The summed E-state index contributed by atoms with van der Waals surface area (Å²) < 4.78 is 0. The summed E-state index contributed by atoms with van der Waals surface area (Å²) in [6.07, 6.45) is 4.61. The maximum atomic E-state index is 12.4. The van der Waals surface area contributed by atoms with Crippen molar-refractivity contribution in [2.24, 2.45) is 0 Å². The molecule has 7 nitrogen and oxygen atoms in total. The van der Waals surface area contributed by atoms with Crippen LogP contribution in [-0.2, 0) is 0 Å². The summed E-state index contributed by atoms with van der Waals surface area (Å²) in [5, 5.41) is 7.51. The first kappa shape index (κ1) is 15.3. The zero-order valence-electron chi connectivity index (χ0n) is 13.7. The third kappa shape index (κ3) is 3.21. The van der Waals surface area contributed by atoms with Gasteiger partial charge in [0.05, 0.1) is 11.9 Å². The van der Waals surface area contributed by atoms with Gasteiger partial charge in [0.1, 0.15) is 5.69 Å². The van der Waals surface area contributed by atoms with Crippen molar-refractivity contribution in [3.05, 3.63) is 60.7 Å². The first-order valence-corrected chi connectivity index (χ1v) is 8.22. The number of piperazine rings is 1. The van der Waals surface area contributed by atoms with E-state index in [1.807, 2.05) is 23.1 Å². The van der Waals surface area contributed by atoms with Crippen molar-refractivity contribution in [3.63, 3.8) is 0 Å². The second-order valence-corrected chi connectivity index (χ2v) is 5.88. The lowest BCUT2D eigenvalue weighted by Crippen LogP contribution is -2.49. The van der Waals surface area contributed by atoms with E-state index in [-0.39, 0.29) is 5.91 Å². The van der Waals surface area contributed by atoms with Crippen LogP contribution in [0.15, 0.2) is 55.0 Å². The van der Waals surface area contributed by atoms with Crippen LogP contribution >= 0.6 is 0 Å². The zero-order chi connectivity index (χ0) is 17.1. The van der Waals surface area contributed by atoms with Gasteiger partial charge in [-0.25, -0.2) is 4.98 Å². The summed E-state index contributed by atoms with van der Waals surface area (Å²) in [4.78, 5) is 24.5. The van der Waals surface area contributed by atoms with Crippen LogP contribution in [0.3, 0.4) is 0 Å². The van der Waals surface area contributed by atoms with E-state index in [9.17, 15) is 4.79 Å². The Morgan fingerprint density at radius 3 is 2.56 bits per heavy atom. The first-order chi connectivity index (χ1) is 12.3. The van der Waals surface area contributed by atoms with E-state index in [0.29, 0.717) is 18.8 Å². The fourth-order valence-corrected chi connectivity index (χ4v) is 2.95. The van der Waals surface area contributed by atoms with Gasteiger partial charge >= 0.3 is 0 Å². The fourth-order valence-electron chi connectivity index (χ4n) is 2.95. The molecule has 1 saturated heterocycles. The van der Waals surface area contributed by atoms with Gasteiger partial charge < -0.3 is 9.80 Å². The molecule has 1 amide bonds. The van der Waals surface area contributed by atoms with Gasteiger partial charge in [0.15, 0.2) is 5.82 Å². The number of nitrogens with zero attached hydrogens (tertiary/aromatic N) is 5. The van der Waals surface area contributed by atoms with E-state index in [4.69, 9.17) is 0 Å². The molecule has 7 heteroatoms. The highest BCUT2D eigenvalue weighted by atomic mass is 16.2. The van der Waals surface area contributed by atoms with Gasteiger partial charge in [-0.05, 0) is 5.56 Å². The van der Waals surface area contributed by atoms with E-state index in [2.05, 4.69) is 43.3 Å². The Hall–Kier alpha value is -3.22. The summed E-state index contributed by atoms with van der Waals surface area (Å²) in [5.41, 5.74) is 2.49. The second kappa shape index (κ2) is 6.72. The predicted molar refractivity (Wildman–Crippen MR) is 94.2 cm³/mol. The maximum Gasteiger partial charge on any atom is 0.274 e. The van der Waals surface area contributed by atoms with Crippen molar-refractivity contribution in [1.82, 2.24) is 25.1 Å². The summed E-state index contributed by atoms with van der Waals surface area (Å²) in [6.45, 7) is 2.77. The number of carbonyl (C=O) groups excluding carboxylic acids is 1. The fraction of sp³-hybridized carbons (Fsp3) is 0.222. The molecule has 126 valence electrons. The van der Waals surface area contributed by atoms with Gasteiger partial charge in [-0.2, -0.15) is 5.10 Å². The Morgan fingerprint density at radius 1 is 1.04 bits per heavy atom. The molecule has 0 saturated carbocycles. The van der Waals surface area contributed by atoms with Gasteiger partial charge in [0, 0.05) is 44.6 Å². The van der Waals surface area contributed by atoms with Crippen molar-refractivity contribution >= 4 is 11.7 Å². The number of benzene rings is 1. The SMILES string of the molecule is O=C(c1cnccn1)N1CCN(c2cc(-c3ccccc3)[nH]n2)CC1. The lowest BCUT2D eigenvalue weighted by Gasteiger charge is -2.34. The largest absolute Gasteiger partial charge is 0.352 e. The van der Waals surface area contributed by atoms with Crippen LogP contribution in [0.25, 0.3) is 11.3 Å². The van der Waals surface area contributed by atoms with E-state index in [1.54, 1.807) is 6.20 Å². The quantitative estimate of drug-likeness (QED) is 0.791. The van der Waals surface area contributed by atoms with Crippen molar-refractivity contribution in [3.8, 4) is 11.3 Å². The Labute approximate surface area is 145 Å². The first-order valence-electron chi connectivity index (χ1n) is 8.22. The number of nitrogens with one attached hydrogen (secondary N) is 1. The highest BCUT2D eigenvalue weighted by Crippen LogP contribution is 2.22. The van der Waals surface area contributed by atoms with Crippen LogP contribution in [0.2, 0.25) is 0 Å². The third-order valence-corrected chi connectivity index (χ3v) is 4.32. The lowest BCUT2D eigenvalue weighted by molar-refractivity contribution is 0.0740. The van der Waals surface area contributed by atoms with Gasteiger partial charge in [0.2, 0.25) is 0 Å². The van der Waals surface area contributed by atoms with Gasteiger partial charge in [-0.1, -0.05) is 30.3 Å². The van der Waals surface area contributed by atoms with Crippen LogP contribution in [0.4, 0.5) is 5.82 Å². The van der Waals surface area contributed by atoms with E-state index in [0.717, 1.165) is 30.2 Å². The van der Waals surface area contributed by atoms with E-state index >= 15 is 0 Å². The van der Waals surface area contributed by atoms with E-state index in [1.165, 1.54) is 12.4 Å². The molecule has 0 unspecified atom stereocenters. The molecule has 0 atom stereocenters. The number of carbonyl (C=O) groups is 1.